The van der Waals surface area contributed by atoms with Crippen molar-refractivity contribution in [2.45, 2.75) is 52.4 Å². The van der Waals surface area contributed by atoms with Crippen LogP contribution in [0.15, 0.2) is 49.0 Å². The van der Waals surface area contributed by atoms with Gasteiger partial charge in [-0.1, -0.05) is 70.4 Å². The second-order valence-electron chi connectivity index (χ2n) is 6.93. The van der Waals surface area contributed by atoms with Crippen LogP contribution in [0, 0.1) is 0 Å². The molecule has 0 aromatic heterocycles. The third-order valence-electron chi connectivity index (χ3n) is 4.67. The van der Waals surface area contributed by atoms with Gasteiger partial charge in [0.15, 0.2) is 0 Å². The molecule has 0 N–H and O–H groups in total. The zero-order valence-corrected chi connectivity index (χ0v) is 17.2. The lowest BCUT2D eigenvalue weighted by Crippen LogP contribution is -2.06. The van der Waals surface area contributed by atoms with Gasteiger partial charge in [0.25, 0.3) is 0 Å². The minimum Gasteiger partial charge on any atom is -0.494 e. The van der Waals surface area contributed by atoms with Crippen LogP contribution in [0.3, 0.4) is 0 Å². The molecule has 3 nitrogen and oxygen atoms in total. The smallest absolute Gasteiger partial charge is 0.338 e. The van der Waals surface area contributed by atoms with Gasteiger partial charge in [-0.25, -0.2) is 4.79 Å². The molecule has 0 bridgehead atoms. The second kappa shape index (κ2) is 12.0. The lowest BCUT2D eigenvalue weighted by molar-refractivity contribution is 0.0499. The summed E-state index contributed by atoms with van der Waals surface area (Å²) in [7, 11) is 0. The third-order valence-corrected chi connectivity index (χ3v) is 4.67. The van der Waals surface area contributed by atoms with Gasteiger partial charge in [0.05, 0.1) is 18.8 Å². The van der Waals surface area contributed by atoms with E-state index in [0.717, 1.165) is 48.3 Å². The Morgan fingerprint density at radius 3 is 2.36 bits per heavy atom. The predicted octanol–water partition coefficient (Wildman–Crippen LogP) is 6.91. The van der Waals surface area contributed by atoms with Crippen LogP contribution < -0.4 is 4.74 Å². The highest BCUT2D eigenvalue weighted by Gasteiger charge is 2.11. The van der Waals surface area contributed by atoms with Crippen LogP contribution in [-0.4, -0.2) is 19.2 Å². The average Bonchev–Trinajstić information content (AvgIpc) is 2.73. The van der Waals surface area contributed by atoms with Crippen molar-refractivity contribution in [1.29, 1.82) is 0 Å². The Bertz CT molecular complexity index is 747. The molecule has 0 fully saturated rings. The fourth-order valence-corrected chi connectivity index (χ4v) is 2.96. The Labute approximate surface area is 169 Å². The van der Waals surface area contributed by atoms with Gasteiger partial charge < -0.3 is 9.47 Å². The van der Waals surface area contributed by atoms with Crippen molar-refractivity contribution in [3.05, 3.63) is 60.2 Å². The van der Waals surface area contributed by atoms with Gasteiger partial charge >= 0.3 is 5.97 Å². The molecular formula is C25H32O3. The van der Waals surface area contributed by atoms with Crippen molar-refractivity contribution in [2.24, 2.45) is 0 Å². The van der Waals surface area contributed by atoms with E-state index in [2.05, 4.69) is 20.4 Å². The first-order valence-corrected chi connectivity index (χ1v) is 10.4. The highest BCUT2D eigenvalue weighted by atomic mass is 16.5. The number of carbonyl (C=O) groups is 1. The summed E-state index contributed by atoms with van der Waals surface area (Å²) in [4.78, 5) is 12.2. The van der Waals surface area contributed by atoms with Gasteiger partial charge in [-0.05, 0) is 53.8 Å². The molecule has 0 aliphatic carbocycles. The van der Waals surface area contributed by atoms with E-state index in [4.69, 9.17) is 9.47 Å². The zero-order chi connectivity index (χ0) is 20.2. The fraction of sp³-hybridized carbons (Fsp3) is 0.400. The summed E-state index contributed by atoms with van der Waals surface area (Å²) in [6, 6.07) is 13.7. The number of carbonyl (C=O) groups excluding carboxylic acids is 1. The van der Waals surface area contributed by atoms with Gasteiger partial charge in [0.2, 0.25) is 0 Å². The van der Waals surface area contributed by atoms with E-state index in [9.17, 15) is 4.79 Å². The van der Waals surface area contributed by atoms with E-state index in [-0.39, 0.29) is 5.97 Å². The maximum atomic E-state index is 12.2. The molecule has 0 aliphatic heterocycles. The van der Waals surface area contributed by atoms with Gasteiger partial charge in [0.1, 0.15) is 5.75 Å². The highest BCUT2D eigenvalue weighted by molar-refractivity contribution is 5.92. The molecule has 2 rings (SSSR count). The molecule has 2 aromatic rings. The summed E-state index contributed by atoms with van der Waals surface area (Å²) in [6.07, 6.45) is 8.45. The monoisotopic (exact) mass is 380 g/mol. The van der Waals surface area contributed by atoms with E-state index >= 15 is 0 Å². The van der Waals surface area contributed by atoms with E-state index < -0.39 is 0 Å². The lowest BCUT2D eigenvalue weighted by Gasteiger charge is -2.11. The van der Waals surface area contributed by atoms with Crippen molar-refractivity contribution in [3.63, 3.8) is 0 Å². The minimum atomic E-state index is -0.282. The molecule has 0 heterocycles. The van der Waals surface area contributed by atoms with E-state index in [1.165, 1.54) is 19.3 Å². The number of ether oxygens (including phenoxy) is 2. The van der Waals surface area contributed by atoms with Crippen molar-refractivity contribution in [1.82, 2.24) is 0 Å². The molecule has 0 saturated heterocycles. The topological polar surface area (TPSA) is 35.5 Å². The number of rotatable bonds is 12. The molecule has 28 heavy (non-hydrogen) atoms. The quantitative estimate of drug-likeness (QED) is 0.296. The fourth-order valence-electron chi connectivity index (χ4n) is 2.96. The molecule has 0 amide bonds. The molecule has 0 spiro atoms. The highest BCUT2D eigenvalue weighted by Crippen LogP contribution is 2.28. The summed E-state index contributed by atoms with van der Waals surface area (Å²) in [5, 5.41) is 0. The SMILES string of the molecule is C=Cc1cc(C(=O)OCCCC)ccc1-c1ccc(OCCCCCC)cc1. The molecule has 0 radical (unpaired) electrons. The summed E-state index contributed by atoms with van der Waals surface area (Å²) >= 11 is 0. The Morgan fingerprint density at radius 1 is 0.929 bits per heavy atom. The van der Waals surface area contributed by atoms with E-state index in [1.807, 2.05) is 42.5 Å². The van der Waals surface area contributed by atoms with Gasteiger partial charge in [-0.15, -0.1) is 0 Å². The predicted molar refractivity (Wildman–Crippen MR) is 117 cm³/mol. The Hall–Kier alpha value is -2.55. The van der Waals surface area contributed by atoms with Crippen LogP contribution in [0.5, 0.6) is 5.75 Å². The standard InChI is InChI=1S/C25H32O3/c1-4-7-9-10-18-27-23-14-11-21(12-15-23)24-16-13-22(19-20(24)6-3)25(26)28-17-8-5-2/h6,11-16,19H,3-5,7-10,17-18H2,1-2H3. The summed E-state index contributed by atoms with van der Waals surface area (Å²) in [5.74, 6) is 0.603. The second-order valence-corrected chi connectivity index (χ2v) is 6.93. The molecule has 0 unspecified atom stereocenters. The normalized spacial score (nSPS) is 10.5. The Morgan fingerprint density at radius 2 is 1.68 bits per heavy atom. The number of hydrogen-bond acceptors (Lipinski definition) is 3. The summed E-state index contributed by atoms with van der Waals surface area (Å²) in [6.45, 7) is 9.39. The summed E-state index contributed by atoms with van der Waals surface area (Å²) in [5.41, 5.74) is 3.58. The average molecular weight is 381 g/mol. The first-order chi connectivity index (χ1) is 13.7. The Balaban J connectivity index is 2.03. The number of hydrogen-bond donors (Lipinski definition) is 0. The molecular weight excluding hydrogens is 348 g/mol. The van der Waals surface area contributed by atoms with Crippen LogP contribution >= 0.6 is 0 Å². The van der Waals surface area contributed by atoms with Crippen LogP contribution in [0.2, 0.25) is 0 Å². The molecule has 0 saturated carbocycles. The maximum absolute atomic E-state index is 12.2. The molecule has 2 aromatic carbocycles. The molecule has 150 valence electrons. The van der Waals surface area contributed by atoms with E-state index in [0.29, 0.717) is 12.2 Å². The van der Waals surface area contributed by atoms with Crippen LogP contribution in [0.4, 0.5) is 0 Å². The van der Waals surface area contributed by atoms with Crippen LogP contribution in [0.25, 0.3) is 17.2 Å². The van der Waals surface area contributed by atoms with Crippen molar-refractivity contribution < 1.29 is 14.3 Å². The first-order valence-electron chi connectivity index (χ1n) is 10.4. The van der Waals surface area contributed by atoms with Crippen molar-refractivity contribution in [2.75, 3.05) is 13.2 Å². The van der Waals surface area contributed by atoms with Crippen LogP contribution in [0.1, 0.15) is 68.3 Å². The Kier molecular flexibility index (Phi) is 9.33. The number of esters is 1. The summed E-state index contributed by atoms with van der Waals surface area (Å²) < 4.78 is 11.1. The number of unbranched alkanes of at least 4 members (excludes halogenated alkanes) is 4. The van der Waals surface area contributed by atoms with Gasteiger partial charge in [-0.2, -0.15) is 0 Å². The lowest BCUT2D eigenvalue weighted by atomic mass is 9.97. The molecule has 0 aliphatic rings. The van der Waals surface area contributed by atoms with Gasteiger partial charge in [0, 0.05) is 0 Å². The first kappa shape index (κ1) is 21.7. The third kappa shape index (κ3) is 6.56. The van der Waals surface area contributed by atoms with Gasteiger partial charge in [-0.3, -0.25) is 0 Å². The zero-order valence-electron chi connectivity index (χ0n) is 17.2. The number of benzene rings is 2. The van der Waals surface area contributed by atoms with Crippen molar-refractivity contribution in [3.8, 4) is 16.9 Å². The van der Waals surface area contributed by atoms with Crippen LogP contribution in [-0.2, 0) is 4.74 Å². The van der Waals surface area contributed by atoms with E-state index in [1.54, 1.807) is 6.08 Å². The minimum absolute atomic E-state index is 0.282. The molecule has 0 atom stereocenters. The largest absolute Gasteiger partial charge is 0.494 e. The maximum Gasteiger partial charge on any atom is 0.338 e. The molecule has 3 heteroatoms. The van der Waals surface area contributed by atoms with Crippen molar-refractivity contribution >= 4 is 12.0 Å².